The number of carbonyl (C=O) groups is 1. The van der Waals surface area contributed by atoms with Gasteiger partial charge in [-0.15, -0.1) is 0 Å². The summed E-state index contributed by atoms with van der Waals surface area (Å²) in [5.41, 5.74) is 0.932. The second-order valence-corrected chi connectivity index (χ2v) is 3.90. The Morgan fingerprint density at radius 3 is 2.68 bits per heavy atom. The molecule has 0 saturated carbocycles. The molecule has 2 aromatic heterocycles. The molecule has 0 N–H and O–H groups in total. The molecule has 4 nitrogen and oxygen atoms in total. The number of aldehydes is 1. The molecule has 5 heteroatoms. The van der Waals surface area contributed by atoms with Crippen LogP contribution in [0.1, 0.15) is 10.5 Å². The third-order valence-electron chi connectivity index (χ3n) is 2.67. The smallest absolute Gasteiger partial charge is 0.249 e. The molecular formula is C14H9FN2O2. The van der Waals surface area contributed by atoms with E-state index in [1.165, 1.54) is 24.3 Å². The number of halogens is 1. The molecule has 0 unspecified atom stereocenters. The summed E-state index contributed by atoms with van der Waals surface area (Å²) in [6, 6.07) is 10.9. The monoisotopic (exact) mass is 256 g/mol. The van der Waals surface area contributed by atoms with Gasteiger partial charge in [0, 0.05) is 6.20 Å². The van der Waals surface area contributed by atoms with Gasteiger partial charge in [-0.1, -0.05) is 6.07 Å². The average molecular weight is 256 g/mol. The highest BCUT2D eigenvalue weighted by atomic mass is 19.1. The fourth-order valence-electron chi connectivity index (χ4n) is 1.79. The molecule has 3 rings (SSSR count). The summed E-state index contributed by atoms with van der Waals surface area (Å²) in [4.78, 5) is 15.4. The van der Waals surface area contributed by atoms with Crippen LogP contribution >= 0.6 is 0 Å². The number of nitrogens with zero attached hydrogens (tertiary/aromatic N) is 2. The normalized spacial score (nSPS) is 10.6. The van der Waals surface area contributed by atoms with E-state index in [0.29, 0.717) is 23.4 Å². The van der Waals surface area contributed by atoms with Gasteiger partial charge in [0.15, 0.2) is 12.0 Å². The van der Waals surface area contributed by atoms with Gasteiger partial charge in [-0.3, -0.25) is 9.20 Å². The highest BCUT2D eigenvalue weighted by Crippen LogP contribution is 2.24. The van der Waals surface area contributed by atoms with Crippen LogP contribution in [0.15, 0.2) is 48.7 Å². The van der Waals surface area contributed by atoms with Gasteiger partial charge in [0.1, 0.15) is 17.2 Å². The molecular weight excluding hydrogens is 247 g/mol. The summed E-state index contributed by atoms with van der Waals surface area (Å²) in [6.07, 6.45) is 2.41. The lowest BCUT2D eigenvalue weighted by molar-refractivity contribution is 0.111. The lowest BCUT2D eigenvalue weighted by Gasteiger charge is -2.02. The average Bonchev–Trinajstić information content (AvgIpc) is 2.78. The highest BCUT2D eigenvalue weighted by molar-refractivity contribution is 5.78. The minimum Gasteiger partial charge on any atom is -0.437 e. The maximum atomic E-state index is 12.8. The SMILES string of the molecule is O=Cc1c(Oc2ccc(F)cc2)nc2ccccn12. The number of ether oxygens (including phenoxy) is 1. The Kier molecular flexibility index (Phi) is 2.72. The number of fused-ring (bicyclic) bond motifs is 1. The van der Waals surface area contributed by atoms with Gasteiger partial charge in [0.05, 0.1) is 0 Å². The van der Waals surface area contributed by atoms with E-state index in [9.17, 15) is 9.18 Å². The predicted octanol–water partition coefficient (Wildman–Crippen LogP) is 3.08. The van der Waals surface area contributed by atoms with Crippen LogP contribution < -0.4 is 4.74 Å². The van der Waals surface area contributed by atoms with Gasteiger partial charge in [0.2, 0.25) is 5.88 Å². The van der Waals surface area contributed by atoms with Crippen molar-refractivity contribution >= 4 is 11.9 Å². The van der Waals surface area contributed by atoms with Gasteiger partial charge in [-0.05, 0) is 36.4 Å². The summed E-state index contributed by atoms with van der Waals surface area (Å²) in [5, 5.41) is 0. The molecule has 0 aliphatic carbocycles. The molecule has 0 radical (unpaired) electrons. The van der Waals surface area contributed by atoms with Gasteiger partial charge < -0.3 is 4.74 Å². The summed E-state index contributed by atoms with van der Waals surface area (Å²) < 4.78 is 19.9. The van der Waals surface area contributed by atoms with Crippen molar-refractivity contribution in [3.05, 3.63) is 60.2 Å². The zero-order chi connectivity index (χ0) is 13.2. The van der Waals surface area contributed by atoms with Crippen LogP contribution in [0.25, 0.3) is 5.65 Å². The minimum absolute atomic E-state index is 0.202. The number of aromatic nitrogens is 2. The second kappa shape index (κ2) is 4.53. The first-order valence-corrected chi connectivity index (χ1v) is 5.63. The Bertz CT molecular complexity index is 735. The molecule has 19 heavy (non-hydrogen) atoms. The van der Waals surface area contributed by atoms with E-state index in [4.69, 9.17) is 4.74 Å². The lowest BCUT2D eigenvalue weighted by Crippen LogP contribution is -1.92. The Labute approximate surface area is 108 Å². The van der Waals surface area contributed by atoms with Crippen molar-refractivity contribution in [1.29, 1.82) is 0 Å². The van der Waals surface area contributed by atoms with Crippen LogP contribution in [0.2, 0.25) is 0 Å². The third kappa shape index (κ3) is 2.06. The standard InChI is InChI=1S/C14H9FN2O2/c15-10-4-6-11(7-5-10)19-14-12(9-18)17-8-2-1-3-13(17)16-14/h1-9H. The highest BCUT2D eigenvalue weighted by Gasteiger charge is 2.13. The van der Waals surface area contributed by atoms with Crippen LogP contribution in [0.5, 0.6) is 11.6 Å². The van der Waals surface area contributed by atoms with Crippen LogP contribution in [0, 0.1) is 5.82 Å². The summed E-state index contributed by atoms with van der Waals surface area (Å²) in [7, 11) is 0. The molecule has 3 aromatic rings. The fourth-order valence-corrected chi connectivity index (χ4v) is 1.79. The van der Waals surface area contributed by atoms with E-state index in [-0.39, 0.29) is 11.7 Å². The van der Waals surface area contributed by atoms with E-state index in [2.05, 4.69) is 4.98 Å². The number of hydrogen-bond donors (Lipinski definition) is 0. The molecule has 0 saturated heterocycles. The van der Waals surface area contributed by atoms with Gasteiger partial charge in [0.25, 0.3) is 0 Å². The van der Waals surface area contributed by atoms with E-state index >= 15 is 0 Å². The molecule has 1 aromatic carbocycles. The lowest BCUT2D eigenvalue weighted by atomic mass is 10.3. The number of hydrogen-bond acceptors (Lipinski definition) is 3. The zero-order valence-electron chi connectivity index (χ0n) is 9.79. The zero-order valence-corrected chi connectivity index (χ0v) is 9.79. The number of carbonyl (C=O) groups excluding carboxylic acids is 1. The molecule has 94 valence electrons. The Balaban J connectivity index is 2.05. The van der Waals surface area contributed by atoms with Crippen molar-refractivity contribution in [3.8, 4) is 11.6 Å². The second-order valence-electron chi connectivity index (χ2n) is 3.90. The van der Waals surface area contributed by atoms with E-state index in [0.717, 1.165) is 0 Å². The van der Waals surface area contributed by atoms with E-state index in [1.807, 2.05) is 6.07 Å². The van der Waals surface area contributed by atoms with Crippen molar-refractivity contribution in [2.45, 2.75) is 0 Å². The van der Waals surface area contributed by atoms with E-state index in [1.54, 1.807) is 22.7 Å². The van der Waals surface area contributed by atoms with Crippen molar-refractivity contribution in [3.63, 3.8) is 0 Å². The molecule has 0 fully saturated rings. The summed E-state index contributed by atoms with van der Waals surface area (Å²) >= 11 is 0. The fraction of sp³-hybridized carbons (Fsp3) is 0. The quantitative estimate of drug-likeness (QED) is 0.676. The number of benzene rings is 1. The minimum atomic E-state index is -0.349. The Morgan fingerprint density at radius 2 is 1.95 bits per heavy atom. The van der Waals surface area contributed by atoms with Crippen molar-refractivity contribution in [1.82, 2.24) is 9.38 Å². The van der Waals surface area contributed by atoms with E-state index < -0.39 is 0 Å². The topological polar surface area (TPSA) is 43.6 Å². The largest absolute Gasteiger partial charge is 0.437 e. The number of imidazole rings is 1. The first kappa shape index (κ1) is 11.4. The Hall–Kier alpha value is -2.69. The van der Waals surface area contributed by atoms with Gasteiger partial charge in [-0.25, -0.2) is 4.39 Å². The first-order valence-electron chi connectivity index (χ1n) is 5.63. The molecule has 0 aliphatic rings. The first-order chi connectivity index (χ1) is 9.28. The maximum absolute atomic E-state index is 12.8. The van der Waals surface area contributed by atoms with Crippen LogP contribution in [0.4, 0.5) is 4.39 Å². The predicted molar refractivity (Wildman–Crippen MR) is 67.1 cm³/mol. The maximum Gasteiger partial charge on any atom is 0.249 e. The number of rotatable bonds is 3. The van der Waals surface area contributed by atoms with Crippen LogP contribution in [0.3, 0.4) is 0 Å². The Morgan fingerprint density at radius 1 is 1.16 bits per heavy atom. The third-order valence-corrected chi connectivity index (χ3v) is 2.67. The number of pyridine rings is 1. The van der Waals surface area contributed by atoms with Crippen LogP contribution in [-0.2, 0) is 0 Å². The molecule has 2 heterocycles. The molecule has 0 aliphatic heterocycles. The van der Waals surface area contributed by atoms with Crippen molar-refractivity contribution in [2.75, 3.05) is 0 Å². The van der Waals surface area contributed by atoms with Gasteiger partial charge >= 0.3 is 0 Å². The van der Waals surface area contributed by atoms with Crippen molar-refractivity contribution in [2.24, 2.45) is 0 Å². The molecule has 0 spiro atoms. The van der Waals surface area contributed by atoms with Gasteiger partial charge in [-0.2, -0.15) is 4.98 Å². The molecule has 0 bridgehead atoms. The van der Waals surface area contributed by atoms with Crippen LogP contribution in [-0.4, -0.2) is 15.7 Å². The molecule has 0 amide bonds. The summed E-state index contributed by atoms with van der Waals surface area (Å²) in [6.45, 7) is 0. The van der Waals surface area contributed by atoms with Crippen molar-refractivity contribution < 1.29 is 13.9 Å². The molecule has 0 atom stereocenters. The summed E-state index contributed by atoms with van der Waals surface area (Å²) in [5.74, 6) is 0.277.